The molecule has 0 spiro atoms. The number of hydrogen-bond acceptors (Lipinski definition) is 2. The largest absolute Gasteiger partial charge is 0.243 e. The summed E-state index contributed by atoms with van der Waals surface area (Å²) in [5, 5.41) is 4.88. The zero-order valence-electron chi connectivity index (χ0n) is 10.1. The van der Waals surface area contributed by atoms with Crippen LogP contribution in [0.3, 0.4) is 0 Å². The quantitative estimate of drug-likeness (QED) is 0.703. The van der Waals surface area contributed by atoms with Crippen LogP contribution in [0.1, 0.15) is 0 Å². The highest BCUT2D eigenvalue weighted by Crippen LogP contribution is 2.24. The summed E-state index contributed by atoms with van der Waals surface area (Å²) in [5.74, 6) is 0.256. The van der Waals surface area contributed by atoms with Crippen LogP contribution in [-0.2, 0) is 0 Å². The van der Waals surface area contributed by atoms with Gasteiger partial charge in [-0.05, 0) is 60.1 Å². The van der Waals surface area contributed by atoms with E-state index in [4.69, 9.17) is 23.2 Å². The van der Waals surface area contributed by atoms with E-state index in [0.717, 1.165) is 5.56 Å². The second-order valence-corrected chi connectivity index (χ2v) is 4.87. The first-order chi connectivity index (χ1) is 9.63. The van der Waals surface area contributed by atoms with Gasteiger partial charge in [-0.1, -0.05) is 11.6 Å². The van der Waals surface area contributed by atoms with Gasteiger partial charge in [0.05, 0.1) is 5.69 Å². The topological polar surface area (TPSA) is 30.7 Å². The summed E-state index contributed by atoms with van der Waals surface area (Å²) >= 11 is 11.8. The number of nitrogens with zero attached hydrogens (tertiary/aromatic N) is 3. The summed E-state index contributed by atoms with van der Waals surface area (Å²) in [4.78, 5) is 4.19. The second kappa shape index (κ2) is 5.23. The lowest BCUT2D eigenvalue weighted by atomic mass is 10.2. The zero-order chi connectivity index (χ0) is 14.1. The van der Waals surface area contributed by atoms with Crippen molar-refractivity contribution >= 4 is 23.2 Å². The molecule has 0 radical (unpaired) electrons. The van der Waals surface area contributed by atoms with Crippen LogP contribution in [0.4, 0.5) is 4.39 Å². The molecule has 0 amide bonds. The van der Waals surface area contributed by atoms with Crippen LogP contribution >= 0.6 is 23.2 Å². The smallest absolute Gasteiger partial charge is 0.212 e. The van der Waals surface area contributed by atoms with E-state index in [1.807, 2.05) is 12.1 Å². The van der Waals surface area contributed by atoms with E-state index in [9.17, 15) is 4.39 Å². The molecule has 3 nitrogen and oxygen atoms in total. The van der Waals surface area contributed by atoms with Crippen LogP contribution in [0.15, 0.2) is 48.5 Å². The maximum absolute atomic E-state index is 13.0. The Morgan fingerprint density at radius 3 is 2.20 bits per heavy atom. The lowest BCUT2D eigenvalue weighted by Crippen LogP contribution is -1.99. The molecule has 1 aromatic heterocycles. The minimum Gasteiger partial charge on any atom is -0.212 e. The summed E-state index contributed by atoms with van der Waals surface area (Å²) < 4.78 is 14.6. The maximum Gasteiger partial charge on any atom is 0.243 e. The number of benzene rings is 2. The summed E-state index contributed by atoms with van der Waals surface area (Å²) in [6.45, 7) is 0. The fourth-order valence-electron chi connectivity index (χ4n) is 1.84. The molecule has 0 atom stereocenters. The van der Waals surface area contributed by atoms with E-state index < -0.39 is 0 Å². The molecule has 0 aliphatic rings. The molecule has 2 aromatic carbocycles. The van der Waals surface area contributed by atoms with Gasteiger partial charge in [-0.25, -0.2) is 9.07 Å². The normalized spacial score (nSPS) is 10.8. The Morgan fingerprint density at radius 2 is 1.55 bits per heavy atom. The van der Waals surface area contributed by atoms with Gasteiger partial charge in [-0.15, -0.1) is 5.10 Å². The first-order valence-corrected chi connectivity index (χ1v) is 6.53. The molecule has 0 N–H and O–H groups in total. The molecule has 6 heteroatoms. The predicted molar refractivity (Wildman–Crippen MR) is 76.8 cm³/mol. The molecule has 0 unspecified atom stereocenters. The third kappa shape index (κ3) is 2.53. The van der Waals surface area contributed by atoms with Crippen molar-refractivity contribution < 1.29 is 4.39 Å². The monoisotopic (exact) mass is 307 g/mol. The number of aromatic nitrogens is 3. The standard InChI is InChI=1S/C14H8Cl2FN3/c15-10-3-1-9(2-4-10)13-18-14(16)19-20(13)12-7-5-11(17)6-8-12/h1-8H. The molecular formula is C14H8Cl2FN3. The van der Waals surface area contributed by atoms with Gasteiger partial charge in [0, 0.05) is 10.6 Å². The molecule has 3 rings (SSSR count). The molecule has 3 aromatic rings. The molecular weight excluding hydrogens is 300 g/mol. The van der Waals surface area contributed by atoms with Crippen LogP contribution in [0, 0.1) is 5.82 Å². The van der Waals surface area contributed by atoms with Crippen LogP contribution in [0.2, 0.25) is 10.3 Å². The average Bonchev–Trinajstić information content (AvgIpc) is 2.82. The van der Waals surface area contributed by atoms with Crippen LogP contribution in [0.5, 0.6) is 0 Å². The molecule has 0 saturated heterocycles. The van der Waals surface area contributed by atoms with Gasteiger partial charge in [0.1, 0.15) is 5.82 Å². The first-order valence-electron chi connectivity index (χ1n) is 5.78. The van der Waals surface area contributed by atoms with E-state index in [0.29, 0.717) is 16.5 Å². The first kappa shape index (κ1) is 13.1. The molecule has 0 bridgehead atoms. The van der Waals surface area contributed by atoms with Gasteiger partial charge in [0.2, 0.25) is 5.28 Å². The van der Waals surface area contributed by atoms with Crippen molar-refractivity contribution in [2.45, 2.75) is 0 Å². The average molecular weight is 308 g/mol. The predicted octanol–water partition coefficient (Wildman–Crippen LogP) is 4.38. The highest BCUT2D eigenvalue weighted by Gasteiger charge is 2.12. The van der Waals surface area contributed by atoms with Crippen molar-refractivity contribution in [1.29, 1.82) is 0 Å². The Morgan fingerprint density at radius 1 is 0.900 bits per heavy atom. The van der Waals surface area contributed by atoms with E-state index in [1.54, 1.807) is 28.9 Å². The van der Waals surface area contributed by atoms with Crippen molar-refractivity contribution in [1.82, 2.24) is 14.8 Å². The van der Waals surface area contributed by atoms with Crippen LogP contribution in [0.25, 0.3) is 17.1 Å². The molecule has 0 aliphatic heterocycles. The fourth-order valence-corrected chi connectivity index (χ4v) is 2.12. The zero-order valence-corrected chi connectivity index (χ0v) is 11.6. The fraction of sp³-hybridized carbons (Fsp3) is 0. The molecule has 0 saturated carbocycles. The lowest BCUT2D eigenvalue weighted by Gasteiger charge is -2.05. The van der Waals surface area contributed by atoms with Crippen molar-refractivity contribution in [2.24, 2.45) is 0 Å². The Labute approximate surface area is 124 Å². The Bertz CT molecular complexity index is 673. The van der Waals surface area contributed by atoms with Gasteiger partial charge in [0.25, 0.3) is 0 Å². The maximum atomic E-state index is 13.0. The summed E-state index contributed by atoms with van der Waals surface area (Å²) in [7, 11) is 0. The lowest BCUT2D eigenvalue weighted by molar-refractivity contribution is 0.627. The molecule has 0 aliphatic carbocycles. The number of hydrogen-bond donors (Lipinski definition) is 0. The number of halogens is 3. The third-order valence-corrected chi connectivity index (χ3v) is 3.17. The Kier molecular flexibility index (Phi) is 3.42. The van der Waals surface area contributed by atoms with E-state index in [1.165, 1.54) is 12.1 Å². The van der Waals surface area contributed by atoms with Gasteiger partial charge >= 0.3 is 0 Å². The summed E-state index contributed by atoms with van der Waals surface area (Å²) in [6, 6.07) is 13.1. The minimum absolute atomic E-state index is 0.124. The van der Waals surface area contributed by atoms with Gasteiger partial charge < -0.3 is 0 Å². The van der Waals surface area contributed by atoms with E-state index in [-0.39, 0.29) is 11.1 Å². The van der Waals surface area contributed by atoms with Crippen LogP contribution < -0.4 is 0 Å². The molecule has 20 heavy (non-hydrogen) atoms. The van der Waals surface area contributed by atoms with Gasteiger partial charge in [-0.3, -0.25) is 0 Å². The highest BCUT2D eigenvalue weighted by molar-refractivity contribution is 6.30. The van der Waals surface area contributed by atoms with E-state index >= 15 is 0 Å². The summed E-state index contributed by atoms with van der Waals surface area (Å²) in [6.07, 6.45) is 0. The minimum atomic E-state index is -0.312. The van der Waals surface area contributed by atoms with Crippen molar-refractivity contribution in [3.05, 3.63) is 64.7 Å². The molecule has 0 fully saturated rings. The van der Waals surface area contributed by atoms with Gasteiger partial charge in [0.15, 0.2) is 5.82 Å². The Hall–Kier alpha value is -1.91. The molecule has 100 valence electrons. The SMILES string of the molecule is Fc1ccc(-n2nc(Cl)nc2-c2ccc(Cl)cc2)cc1. The third-order valence-electron chi connectivity index (χ3n) is 2.75. The van der Waals surface area contributed by atoms with Gasteiger partial charge in [-0.2, -0.15) is 4.98 Å². The molecule has 1 heterocycles. The highest BCUT2D eigenvalue weighted by atomic mass is 35.5. The van der Waals surface area contributed by atoms with Crippen molar-refractivity contribution in [3.8, 4) is 17.1 Å². The summed E-state index contributed by atoms with van der Waals surface area (Å²) in [5.41, 5.74) is 1.49. The Balaban J connectivity index is 2.12. The van der Waals surface area contributed by atoms with E-state index in [2.05, 4.69) is 10.1 Å². The second-order valence-electron chi connectivity index (χ2n) is 4.10. The van der Waals surface area contributed by atoms with Crippen molar-refractivity contribution in [2.75, 3.05) is 0 Å². The van der Waals surface area contributed by atoms with Crippen LogP contribution in [-0.4, -0.2) is 14.8 Å². The van der Waals surface area contributed by atoms with Crippen molar-refractivity contribution in [3.63, 3.8) is 0 Å². The number of rotatable bonds is 2.